The second-order valence-corrected chi connectivity index (χ2v) is 13.1. The zero-order valence-electron chi connectivity index (χ0n) is 28.1. The smallest absolute Gasteiger partial charge is 0.224 e. The molecule has 0 fully saturated rings. The first kappa shape index (κ1) is 37.8. The zero-order valence-corrected chi connectivity index (χ0v) is 29.7. The standard InChI is InChI=1S/C39H58N2O2.BrH/c1-5-6-7-8-9-10-11-12-13-14-15-16-17-18-27-43-38-25-21-36(22-26-38)31-41(34(3)42)37-23-19-35(20-24-37)29-39(4)28-33(2)30-40-32-39;/h19-26,28,30H,5-18,27,29,31-32H2,1-4H3;1H. The summed E-state index contributed by atoms with van der Waals surface area (Å²) in [5.74, 6) is 0.952. The lowest BCUT2D eigenvalue weighted by atomic mass is 9.81. The number of anilines is 1. The van der Waals surface area contributed by atoms with Gasteiger partial charge >= 0.3 is 0 Å². The predicted molar refractivity (Wildman–Crippen MR) is 183 cm³/mol. The van der Waals surface area contributed by atoms with E-state index in [1.165, 1.54) is 94.6 Å². The topological polar surface area (TPSA) is 43.5 Å². The molecule has 2 aromatic rings. The molecule has 5 heteroatoms. The van der Waals surface area contributed by atoms with E-state index in [4.69, 9.17) is 4.74 Å². The van der Waals surface area contributed by atoms with Crippen LogP contribution in [-0.2, 0) is 17.8 Å². The molecule has 0 saturated heterocycles. The third-order valence-electron chi connectivity index (χ3n) is 8.68. The Morgan fingerprint density at radius 1 is 0.795 bits per heavy atom. The molecule has 1 N–H and O–H groups in total. The van der Waals surface area contributed by atoms with Gasteiger partial charge in [-0.2, -0.15) is 0 Å². The number of unbranched alkanes of at least 4 members (excludes halogenated alkanes) is 13. The maximum Gasteiger partial charge on any atom is 0.224 e. The minimum Gasteiger partial charge on any atom is -1.00 e. The molecule has 0 bridgehead atoms. The Labute approximate surface area is 279 Å². The molecule has 4 nitrogen and oxygen atoms in total. The molecule has 0 saturated carbocycles. The summed E-state index contributed by atoms with van der Waals surface area (Å²) in [6, 6.07) is 16.7. The average Bonchev–Trinajstić information content (AvgIpc) is 2.98. The fourth-order valence-electron chi connectivity index (χ4n) is 6.21. The molecule has 0 spiro atoms. The van der Waals surface area contributed by atoms with Gasteiger partial charge in [0.05, 0.1) is 13.2 Å². The summed E-state index contributed by atoms with van der Waals surface area (Å²) in [5.41, 5.74) is 4.68. The number of rotatable bonds is 21. The Hall–Kier alpha value is -2.40. The molecule has 1 heterocycles. The molecular formula is C39H59BrN2O2. The van der Waals surface area contributed by atoms with E-state index >= 15 is 0 Å². The number of ether oxygens (including phenoxy) is 1. The van der Waals surface area contributed by atoms with Crippen LogP contribution in [0.1, 0.15) is 129 Å². The van der Waals surface area contributed by atoms with Crippen molar-refractivity contribution in [2.45, 2.75) is 131 Å². The second kappa shape index (κ2) is 21.4. The minimum absolute atomic E-state index is 0. The first-order chi connectivity index (χ1) is 20.9. The van der Waals surface area contributed by atoms with Crippen LogP contribution in [0.15, 0.2) is 60.2 Å². The molecule has 1 amide bonds. The van der Waals surface area contributed by atoms with E-state index in [0.717, 1.165) is 43.0 Å². The quantitative estimate of drug-likeness (QED) is 0.172. The number of hydrogen-bond acceptors (Lipinski definition) is 2. The molecule has 1 aliphatic heterocycles. The molecule has 3 rings (SSSR count). The van der Waals surface area contributed by atoms with Gasteiger partial charge in [-0.25, -0.2) is 4.99 Å². The molecule has 44 heavy (non-hydrogen) atoms. The Balaban J connectivity index is 0.00000675. The van der Waals surface area contributed by atoms with Crippen molar-refractivity contribution in [3.63, 3.8) is 0 Å². The van der Waals surface area contributed by atoms with Crippen molar-refractivity contribution in [2.75, 3.05) is 18.1 Å². The third-order valence-corrected chi connectivity index (χ3v) is 8.68. The van der Waals surface area contributed by atoms with Crippen LogP contribution >= 0.6 is 0 Å². The average molecular weight is 668 g/mol. The van der Waals surface area contributed by atoms with Crippen molar-refractivity contribution < 1.29 is 31.5 Å². The van der Waals surface area contributed by atoms with Crippen LogP contribution in [-0.4, -0.2) is 25.3 Å². The predicted octanol–water partition coefficient (Wildman–Crippen LogP) is 5.76. The van der Waals surface area contributed by atoms with E-state index in [1.54, 1.807) is 6.92 Å². The number of hydrogen-bond donors (Lipinski definition) is 1. The van der Waals surface area contributed by atoms with Crippen molar-refractivity contribution >= 4 is 17.8 Å². The Kier molecular flexibility index (Phi) is 18.3. The van der Waals surface area contributed by atoms with Gasteiger partial charge in [0.2, 0.25) is 5.91 Å². The number of allylic oxidation sites excluding steroid dienone is 1. The van der Waals surface area contributed by atoms with E-state index in [0.29, 0.717) is 6.54 Å². The number of halogens is 1. The van der Waals surface area contributed by atoms with Gasteiger partial charge < -0.3 is 26.6 Å². The van der Waals surface area contributed by atoms with Gasteiger partial charge in [0.1, 0.15) is 12.3 Å². The van der Waals surface area contributed by atoms with Gasteiger partial charge in [-0.1, -0.05) is 121 Å². The maximum atomic E-state index is 12.6. The van der Waals surface area contributed by atoms with Crippen LogP contribution in [0.25, 0.3) is 0 Å². The summed E-state index contributed by atoms with van der Waals surface area (Å²) in [7, 11) is 0. The Morgan fingerprint density at radius 3 is 1.84 bits per heavy atom. The van der Waals surface area contributed by atoms with Crippen LogP contribution < -0.4 is 31.6 Å². The van der Waals surface area contributed by atoms with Crippen molar-refractivity contribution in [2.24, 2.45) is 5.41 Å². The number of amides is 1. The van der Waals surface area contributed by atoms with Gasteiger partial charge in [0.25, 0.3) is 0 Å². The van der Waals surface area contributed by atoms with Gasteiger partial charge in [-0.05, 0) is 62.1 Å². The van der Waals surface area contributed by atoms with E-state index in [1.807, 2.05) is 17.0 Å². The van der Waals surface area contributed by atoms with Crippen molar-refractivity contribution in [1.82, 2.24) is 0 Å². The molecule has 1 atom stereocenters. The molecule has 0 aliphatic carbocycles. The molecule has 1 aliphatic rings. The van der Waals surface area contributed by atoms with E-state index in [9.17, 15) is 4.79 Å². The number of carbonyl (C=O) groups excluding carboxylic acids is 1. The molecule has 2 aromatic carbocycles. The van der Waals surface area contributed by atoms with Gasteiger partial charge in [-0.15, -0.1) is 0 Å². The van der Waals surface area contributed by atoms with E-state index < -0.39 is 0 Å². The molecule has 1 unspecified atom stereocenters. The number of nitrogens with one attached hydrogen (secondary N) is 1. The number of benzene rings is 2. The minimum atomic E-state index is 0. The fourth-order valence-corrected chi connectivity index (χ4v) is 6.21. The summed E-state index contributed by atoms with van der Waals surface area (Å²) >= 11 is 0. The fraction of sp³-hybridized carbons (Fsp3) is 0.590. The Bertz CT molecular complexity index is 1130. The highest BCUT2D eigenvalue weighted by molar-refractivity contribution is 5.91. The van der Waals surface area contributed by atoms with Crippen molar-refractivity contribution in [3.8, 4) is 5.75 Å². The molecule has 0 radical (unpaired) electrons. The van der Waals surface area contributed by atoms with Gasteiger partial charge in [-0.3, -0.25) is 4.79 Å². The van der Waals surface area contributed by atoms with E-state index in [2.05, 4.69) is 74.5 Å². The first-order valence-electron chi connectivity index (χ1n) is 17.2. The molecule has 244 valence electrons. The maximum absolute atomic E-state index is 12.6. The van der Waals surface area contributed by atoms with Crippen LogP contribution in [0.3, 0.4) is 0 Å². The molecule has 0 aromatic heterocycles. The van der Waals surface area contributed by atoms with Gasteiger partial charge in [0, 0.05) is 23.6 Å². The zero-order chi connectivity index (χ0) is 30.8. The second-order valence-electron chi connectivity index (χ2n) is 13.1. The lowest BCUT2D eigenvalue weighted by molar-refractivity contribution is -0.469. The Morgan fingerprint density at radius 2 is 1.32 bits per heavy atom. The third kappa shape index (κ3) is 14.6. The van der Waals surface area contributed by atoms with Crippen LogP contribution in [0.2, 0.25) is 0 Å². The number of carbonyl (C=O) groups is 1. The lowest BCUT2D eigenvalue weighted by Gasteiger charge is -2.25. The van der Waals surface area contributed by atoms with Crippen molar-refractivity contribution in [1.29, 1.82) is 0 Å². The summed E-state index contributed by atoms with van der Waals surface area (Å²) in [6.45, 7) is 10.6. The highest BCUT2D eigenvalue weighted by atomic mass is 79.9. The monoisotopic (exact) mass is 666 g/mol. The van der Waals surface area contributed by atoms with E-state index in [-0.39, 0.29) is 28.3 Å². The lowest BCUT2D eigenvalue weighted by Crippen LogP contribution is -3.00. The van der Waals surface area contributed by atoms with Crippen molar-refractivity contribution in [3.05, 3.63) is 71.3 Å². The molecular weight excluding hydrogens is 608 g/mol. The summed E-state index contributed by atoms with van der Waals surface area (Å²) in [4.78, 5) is 17.8. The highest BCUT2D eigenvalue weighted by Gasteiger charge is 2.27. The summed E-state index contributed by atoms with van der Waals surface area (Å²) in [6.07, 6.45) is 24.5. The van der Waals surface area contributed by atoms with Crippen LogP contribution in [0, 0.1) is 5.41 Å². The summed E-state index contributed by atoms with van der Waals surface area (Å²) < 4.78 is 6.00. The number of nitrogens with zero attached hydrogens (tertiary/aromatic N) is 1. The largest absolute Gasteiger partial charge is 1.00 e. The highest BCUT2D eigenvalue weighted by Crippen LogP contribution is 2.27. The van der Waals surface area contributed by atoms with Crippen LogP contribution in [0.5, 0.6) is 5.75 Å². The first-order valence-corrected chi connectivity index (χ1v) is 17.2. The van der Waals surface area contributed by atoms with Crippen LogP contribution in [0.4, 0.5) is 5.69 Å². The normalized spacial score (nSPS) is 15.9. The summed E-state index contributed by atoms with van der Waals surface area (Å²) in [5, 5.41) is 0. The van der Waals surface area contributed by atoms with Gasteiger partial charge in [0.15, 0.2) is 6.21 Å². The SMILES string of the molecule is CCCCCCCCCCCCCCCCOc1ccc(CN(C(C)=O)c2ccc(CC3(C)C=C(C)C=[NH+]C3)cc2)cc1.[Br-].